The molecule has 0 bridgehead atoms. The van der Waals surface area contributed by atoms with E-state index < -0.39 is 17.3 Å². The number of halogens is 4. The fourth-order valence-corrected chi connectivity index (χ4v) is 4.83. The number of nitrogens with two attached hydrogens (primary N) is 1. The van der Waals surface area contributed by atoms with Crippen molar-refractivity contribution in [2.24, 2.45) is 5.73 Å². The number of aromatic nitrogens is 2. The van der Waals surface area contributed by atoms with Crippen LogP contribution in [0, 0.1) is 0 Å². The van der Waals surface area contributed by atoms with Gasteiger partial charge in [-0.05, 0) is 47.9 Å². The lowest BCUT2D eigenvalue weighted by Gasteiger charge is -2.22. The highest BCUT2D eigenvalue weighted by atomic mass is 35.5. The smallest absolute Gasteiger partial charge is 0.364 e. The molecule has 0 radical (unpaired) electrons. The van der Waals surface area contributed by atoms with E-state index in [0.717, 1.165) is 17.8 Å². The van der Waals surface area contributed by atoms with Gasteiger partial charge in [-0.25, -0.2) is 0 Å². The molecule has 1 aliphatic rings. The molecule has 6 nitrogen and oxygen atoms in total. The summed E-state index contributed by atoms with van der Waals surface area (Å²) in [5, 5.41) is 15.2. The van der Waals surface area contributed by atoms with Gasteiger partial charge < -0.3 is 15.7 Å². The van der Waals surface area contributed by atoms with E-state index in [4.69, 9.17) is 17.3 Å². The van der Waals surface area contributed by atoms with Crippen LogP contribution < -0.4 is 5.73 Å². The first-order valence-electron chi connectivity index (χ1n) is 10.5. The average Bonchev–Trinajstić information content (AvgIpc) is 3.29. The van der Waals surface area contributed by atoms with Crippen LogP contribution in [0.5, 0.6) is 0 Å². The number of hydrogen-bond donors (Lipinski definition) is 2. The van der Waals surface area contributed by atoms with Crippen LogP contribution in [0.1, 0.15) is 30.0 Å². The summed E-state index contributed by atoms with van der Waals surface area (Å²) in [7, 11) is 0. The van der Waals surface area contributed by atoms with Crippen LogP contribution in [0.15, 0.2) is 47.5 Å². The molecular formula is C23H22ClF3N4O2S. The Balaban J connectivity index is 1.59. The molecule has 2 atom stereocenters. The number of hydrogen-bond acceptors (Lipinski definition) is 5. The Bertz CT molecular complexity index is 1260. The Hall–Kier alpha value is -2.53. The van der Waals surface area contributed by atoms with E-state index in [1.807, 2.05) is 6.92 Å². The normalized spacial score (nSPS) is 18.9. The molecule has 3 N–H and O–H groups in total. The number of aliphatic hydroxyl groups is 1. The standard InChI is InChI=1S/C23H22ClF3N4O2S/c1-2-17(28)12-30-21(32)20(34-22(30)33)8-13-3-6-19-15(7-13)10-29-31(19)11-14-4-5-16(24)9-18(14)23(25,26)27/h3-10,17,22,33H,2,11-12,28H2,1H3/b20-8-/t17-,22?/m0/s1. The Morgan fingerprint density at radius 3 is 2.76 bits per heavy atom. The van der Waals surface area contributed by atoms with Gasteiger partial charge in [-0.15, -0.1) is 0 Å². The van der Waals surface area contributed by atoms with Crippen molar-refractivity contribution in [2.75, 3.05) is 6.54 Å². The van der Waals surface area contributed by atoms with Gasteiger partial charge in [0.25, 0.3) is 5.91 Å². The van der Waals surface area contributed by atoms with Crippen LogP contribution in [-0.2, 0) is 17.5 Å². The minimum Gasteiger partial charge on any atom is -0.364 e. The van der Waals surface area contributed by atoms with Crippen molar-refractivity contribution in [3.63, 3.8) is 0 Å². The quantitative estimate of drug-likeness (QED) is 0.470. The third kappa shape index (κ3) is 5.10. The molecule has 0 aliphatic carbocycles. The van der Waals surface area contributed by atoms with Gasteiger partial charge in [0.05, 0.1) is 28.7 Å². The maximum atomic E-state index is 13.4. The van der Waals surface area contributed by atoms with Crippen molar-refractivity contribution in [1.82, 2.24) is 14.7 Å². The molecule has 1 amide bonds. The summed E-state index contributed by atoms with van der Waals surface area (Å²) in [6.07, 6.45) is -0.619. The number of alkyl halides is 3. The molecule has 2 aromatic carbocycles. The van der Waals surface area contributed by atoms with E-state index in [1.54, 1.807) is 30.5 Å². The van der Waals surface area contributed by atoms with Gasteiger partial charge in [0.1, 0.15) is 0 Å². The number of carbonyl (C=O) groups is 1. The van der Waals surface area contributed by atoms with Gasteiger partial charge >= 0.3 is 6.18 Å². The molecule has 3 aromatic rings. The molecule has 11 heteroatoms. The molecular weight excluding hydrogens is 489 g/mol. The van der Waals surface area contributed by atoms with E-state index in [0.29, 0.717) is 27.8 Å². The van der Waals surface area contributed by atoms with Crippen LogP contribution >= 0.6 is 23.4 Å². The zero-order valence-electron chi connectivity index (χ0n) is 18.1. The van der Waals surface area contributed by atoms with Crippen molar-refractivity contribution in [2.45, 2.75) is 37.7 Å². The topological polar surface area (TPSA) is 84.4 Å². The Kier molecular flexibility index (Phi) is 6.95. The van der Waals surface area contributed by atoms with Gasteiger partial charge in [0.2, 0.25) is 0 Å². The molecule has 4 rings (SSSR count). The number of fused-ring (bicyclic) bond motifs is 1. The summed E-state index contributed by atoms with van der Waals surface area (Å²) >= 11 is 6.81. The number of thioether (sulfide) groups is 1. The van der Waals surface area contributed by atoms with E-state index in [2.05, 4.69) is 5.10 Å². The molecule has 1 unspecified atom stereocenters. The van der Waals surface area contributed by atoms with Crippen molar-refractivity contribution in [3.8, 4) is 0 Å². The van der Waals surface area contributed by atoms with Crippen LogP contribution in [0.25, 0.3) is 17.0 Å². The molecule has 34 heavy (non-hydrogen) atoms. The summed E-state index contributed by atoms with van der Waals surface area (Å²) in [5.74, 6) is -0.292. The van der Waals surface area contributed by atoms with Crippen molar-refractivity contribution in [3.05, 3.63) is 69.2 Å². The Morgan fingerprint density at radius 1 is 1.29 bits per heavy atom. The zero-order chi connectivity index (χ0) is 24.6. The molecule has 1 aliphatic heterocycles. The Morgan fingerprint density at radius 2 is 2.06 bits per heavy atom. The second kappa shape index (κ2) is 9.61. The lowest BCUT2D eigenvalue weighted by molar-refractivity contribution is -0.138. The highest BCUT2D eigenvalue weighted by molar-refractivity contribution is 8.05. The average molecular weight is 511 g/mol. The molecule has 0 saturated carbocycles. The van der Waals surface area contributed by atoms with Crippen LogP contribution in [-0.4, -0.2) is 43.8 Å². The van der Waals surface area contributed by atoms with Crippen LogP contribution in [0.3, 0.4) is 0 Å². The molecule has 180 valence electrons. The summed E-state index contributed by atoms with van der Waals surface area (Å²) in [4.78, 5) is 14.4. The van der Waals surface area contributed by atoms with E-state index >= 15 is 0 Å². The van der Waals surface area contributed by atoms with E-state index in [9.17, 15) is 23.1 Å². The van der Waals surface area contributed by atoms with E-state index in [-0.39, 0.29) is 35.6 Å². The minimum atomic E-state index is -4.53. The first-order valence-corrected chi connectivity index (χ1v) is 11.8. The Labute approximate surface area is 203 Å². The van der Waals surface area contributed by atoms with Crippen molar-refractivity contribution in [1.29, 1.82) is 0 Å². The van der Waals surface area contributed by atoms with Gasteiger partial charge in [0, 0.05) is 23.0 Å². The number of benzene rings is 2. The maximum Gasteiger partial charge on any atom is 0.416 e. The number of nitrogens with zero attached hydrogens (tertiary/aromatic N) is 3. The summed E-state index contributed by atoms with van der Waals surface area (Å²) in [6, 6.07) is 8.74. The van der Waals surface area contributed by atoms with Gasteiger partial charge in [-0.2, -0.15) is 18.3 Å². The minimum absolute atomic E-state index is 0.0127. The molecule has 1 fully saturated rings. The third-order valence-electron chi connectivity index (χ3n) is 5.59. The lowest BCUT2D eigenvalue weighted by atomic mass is 10.1. The molecule has 1 aromatic heterocycles. The molecule has 1 saturated heterocycles. The second-order valence-corrected chi connectivity index (χ2v) is 9.53. The predicted molar refractivity (Wildman–Crippen MR) is 127 cm³/mol. The van der Waals surface area contributed by atoms with Gasteiger partial charge in [-0.3, -0.25) is 9.48 Å². The first-order chi connectivity index (χ1) is 16.1. The maximum absolute atomic E-state index is 13.4. The van der Waals surface area contributed by atoms with Crippen molar-refractivity contribution < 1.29 is 23.1 Å². The highest BCUT2D eigenvalue weighted by Gasteiger charge is 2.36. The summed E-state index contributed by atoms with van der Waals surface area (Å²) < 4.78 is 41.8. The van der Waals surface area contributed by atoms with Crippen LogP contribution in [0.4, 0.5) is 13.2 Å². The molecule has 0 spiro atoms. The fourth-order valence-electron chi connectivity index (χ4n) is 3.70. The van der Waals surface area contributed by atoms with Crippen LogP contribution in [0.2, 0.25) is 5.02 Å². The largest absolute Gasteiger partial charge is 0.416 e. The number of aliphatic hydroxyl groups excluding tert-OH is 1. The van der Waals surface area contributed by atoms with Gasteiger partial charge in [-0.1, -0.05) is 42.4 Å². The first kappa shape index (κ1) is 24.6. The predicted octanol–water partition coefficient (Wildman–Crippen LogP) is 4.69. The SMILES string of the molecule is CC[C@H](N)CN1C(=O)/C(=C/c2ccc3c(cnn3Cc3ccc(Cl)cc3C(F)(F)F)c2)SC1O. The van der Waals surface area contributed by atoms with Gasteiger partial charge in [0.15, 0.2) is 5.56 Å². The second-order valence-electron chi connectivity index (χ2n) is 8.00. The number of carbonyl (C=O) groups excluding carboxylic acids is 1. The molecule has 2 heterocycles. The third-order valence-corrected chi connectivity index (χ3v) is 6.83. The number of amides is 1. The lowest BCUT2D eigenvalue weighted by Crippen LogP contribution is -2.41. The number of rotatable bonds is 6. The zero-order valence-corrected chi connectivity index (χ0v) is 19.7. The monoisotopic (exact) mass is 510 g/mol. The van der Waals surface area contributed by atoms with Crippen molar-refractivity contribution >= 4 is 46.2 Å². The fraction of sp³-hybridized carbons (Fsp3) is 0.304. The highest BCUT2D eigenvalue weighted by Crippen LogP contribution is 2.36. The summed E-state index contributed by atoms with van der Waals surface area (Å²) in [5.41, 5.74) is 5.54. The summed E-state index contributed by atoms with van der Waals surface area (Å²) in [6.45, 7) is 2.09. The van der Waals surface area contributed by atoms with E-state index in [1.165, 1.54) is 21.7 Å².